The van der Waals surface area contributed by atoms with Gasteiger partial charge in [0.2, 0.25) is 0 Å². The minimum absolute atomic E-state index is 0.130. The highest BCUT2D eigenvalue weighted by atomic mass is 35.5. The van der Waals surface area contributed by atoms with E-state index in [2.05, 4.69) is 11.6 Å². The standard InChI is InChI=1S/C5H10ClO/c1-4(2)3-5(6)7/h4,6H,3H2,1-2H3/q+1. The molecular formula is C5H10ClO+. The lowest BCUT2D eigenvalue weighted by Crippen LogP contribution is -1.96. The van der Waals surface area contributed by atoms with Gasteiger partial charge in [0, 0.05) is 0 Å². The number of hydrogen-bond acceptors (Lipinski definition) is 1. The summed E-state index contributed by atoms with van der Waals surface area (Å²) in [6.07, 6.45) is 0.537. The smallest absolute Gasteiger partial charge is 0.225 e. The normalized spacial score (nSPS) is 9.71. The van der Waals surface area contributed by atoms with Gasteiger partial charge in [0.05, 0.1) is 6.42 Å². The van der Waals surface area contributed by atoms with E-state index in [0.29, 0.717) is 12.3 Å². The molecule has 0 amide bonds. The third-order valence-corrected chi connectivity index (χ3v) is 0.742. The van der Waals surface area contributed by atoms with Crippen LogP contribution in [0.4, 0.5) is 0 Å². The molecule has 2 heteroatoms. The molecule has 42 valence electrons. The van der Waals surface area contributed by atoms with Crippen molar-refractivity contribution in [1.82, 2.24) is 0 Å². The largest absolute Gasteiger partial charge is 0.399 e. The zero-order chi connectivity index (χ0) is 5.86. The van der Waals surface area contributed by atoms with Crippen LogP contribution >= 0.6 is 0 Å². The highest BCUT2D eigenvalue weighted by molar-refractivity contribution is 5.64. The molecule has 0 saturated heterocycles. The molecule has 0 aromatic rings. The molecule has 0 spiro atoms. The van der Waals surface area contributed by atoms with Gasteiger partial charge in [-0.15, -0.1) is 0 Å². The molecule has 7 heavy (non-hydrogen) atoms. The van der Waals surface area contributed by atoms with Crippen LogP contribution in [0.5, 0.6) is 0 Å². The fourth-order valence-electron chi connectivity index (χ4n) is 0.333. The summed E-state index contributed by atoms with van der Waals surface area (Å²) in [5, 5.41) is -0.130. The van der Waals surface area contributed by atoms with E-state index in [1.165, 1.54) is 0 Å². The van der Waals surface area contributed by atoms with Crippen molar-refractivity contribution in [1.29, 1.82) is 0 Å². The van der Waals surface area contributed by atoms with E-state index in [0.717, 1.165) is 0 Å². The van der Waals surface area contributed by atoms with Gasteiger partial charge < -0.3 is 0 Å². The van der Waals surface area contributed by atoms with Crippen molar-refractivity contribution < 1.29 is 16.4 Å². The van der Waals surface area contributed by atoms with E-state index in [1.54, 1.807) is 0 Å². The second kappa shape index (κ2) is 3.03. The van der Waals surface area contributed by atoms with Crippen LogP contribution in [0.3, 0.4) is 0 Å². The Morgan fingerprint density at radius 2 is 2.14 bits per heavy atom. The minimum Gasteiger partial charge on any atom is -0.225 e. The molecule has 0 radical (unpaired) electrons. The van der Waals surface area contributed by atoms with Crippen molar-refractivity contribution in [3.63, 3.8) is 0 Å². The molecule has 0 unspecified atom stereocenters. The van der Waals surface area contributed by atoms with Gasteiger partial charge in [-0.3, -0.25) is 0 Å². The maximum atomic E-state index is 10.1. The lowest BCUT2D eigenvalue weighted by Gasteiger charge is -1.89. The Kier molecular flexibility index (Phi) is 3.01. The van der Waals surface area contributed by atoms with Gasteiger partial charge >= 0.3 is 5.24 Å². The molecule has 0 heterocycles. The molecule has 0 rings (SSSR count). The fraction of sp³-hybridized carbons (Fsp3) is 0.800. The summed E-state index contributed by atoms with van der Waals surface area (Å²) in [6, 6.07) is 0. The van der Waals surface area contributed by atoms with E-state index in [1.807, 2.05) is 13.8 Å². The van der Waals surface area contributed by atoms with Crippen molar-refractivity contribution >= 4 is 5.24 Å². The van der Waals surface area contributed by atoms with Crippen LogP contribution in [-0.4, -0.2) is 5.24 Å². The van der Waals surface area contributed by atoms with Crippen LogP contribution in [0.2, 0.25) is 0 Å². The Morgan fingerprint density at radius 3 is 2.14 bits per heavy atom. The number of carbonyl (C=O) groups excluding carboxylic acids is 1. The number of carbonyl (C=O) groups is 1. The summed E-state index contributed by atoms with van der Waals surface area (Å²) in [5.74, 6) is 0.421. The van der Waals surface area contributed by atoms with Crippen LogP contribution in [0.25, 0.3) is 0 Å². The molecule has 1 nitrogen and oxygen atoms in total. The van der Waals surface area contributed by atoms with Crippen molar-refractivity contribution in [3.8, 4) is 0 Å². The molecule has 0 aliphatic rings. The molecule has 0 saturated carbocycles. The monoisotopic (exact) mass is 121 g/mol. The Morgan fingerprint density at radius 1 is 1.71 bits per heavy atom. The van der Waals surface area contributed by atoms with Gasteiger partial charge in [-0.05, 0) is 5.92 Å². The van der Waals surface area contributed by atoms with Crippen molar-refractivity contribution in [2.75, 3.05) is 0 Å². The molecule has 0 aromatic carbocycles. The molecule has 0 N–H and O–H groups in total. The first kappa shape index (κ1) is 6.96. The zero-order valence-electron chi connectivity index (χ0n) is 4.60. The SMILES string of the molecule is CC(C)CC(=O)[ClH+]. The summed E-state index contributed by atoms with van der Waals surface area (Å²) in [4.78, 5) is 10.1. The average Bonchev–Trinajstić information content (AvgIpc) is 1.27. The third-order valence-electron chi connectivity index (χ3n) is 0.575. The average molecular weight is 122 g/mol. The van der Waals surface area contributed by atoms with Gasteiger partial charge in [-0.1, -0.05) is 13.8 Å². The lowest BCUT2D eigenvalue weighted by atomic mass is 10.2. The number of hydrogen-bond donors (Lipinski definition) is 0. The first-order valence-corrected chi connectivity index (χ1v) is 2.73. The van der Waals surface area contributed by atoms with Gasteiger partial charge in [0.15, 0.2) is 11.6 Å². The molecule has 0 aliphatic heterocycles. The van der Waals surface area contributed by atoms with E-state index in [9.17, 15) is 4.79 Å². The molecule has 0 aromatic heterocycles. The second-order valence-electron chi connectivity index (χ2n) is 1.97. The maximum Gasteiger partial charge on any atom is 0.399 e. The number of halogens is 1. The highest BCUT2D eigenvalue weighted by Gasteiger charge is 2.06. The van der Waals surface area contributed by atoms with E-state index >= 15 is 0 Å². The van der Waals surface area contributed by atoms with Crippen LogP contribution in [0.1, 0.15) is 20.3 Å². The predicted octanol–water partition coefficient (Wildman–Crippen LogP) is 0.841. The highest BCUT2D eigenvalue weighted by Crippen LogP contribution is 1.97. The summed E-state index contributed by atoms with van der Waals surface area (Å²) in [5.41, 5.74) is 0. The van der Waals surface area contributed by atoms with Crippen molar-refractivity contribution in [3.05, 3.63) is 0 Å². The summed E-state index contributed by atoms with van der Waals surface area (Å²) in [7, 11) is 0. The molecule has 0 atom stereocenters. The topological polar surface area (TPSA) is 17.1 Å². The third kappa shape index (κ3) is 5.96. The van der Waals surface area contributed by atoms with Crippen LogP contribution in [0.15, 0.2) is 0 Å². The van der Waals surface area contributed by atoms with Crippen LogP contribution in [0, 0.1) is 17.5 Å². The van der Waals surface area contributed by atoms with Crippen LogP contribution < -0.4 is 0 Å². The quantitative estimate of drug-likeness (QED) is 0.495. The Balaban J connectivity index is 3.13. The van der Waals surface area contributed by atoms with E-state index in [-0.39, 0.29) is 5.24 Å². The fourth-order valence-corrected chi connectivity index (χ4v) is 0.667. The van der Waals surface area contributed by atoms with Gasteiger partial charge in [0.1, 0.15) is 0 Å². The summed E-state index contributed by atoms with van der Waals surface area (Å²) >= 11 is 4.32. The lowest BCUT2D eigenvalue weighted by molar-refractivity contribution is -0.306. The second-order valence-corrected chi connectivity index (χ2v) is 2.43. The molecule has 0 aliphatic carbocycles. The predicted molar refractivity (Wildman–Crippen MR) is 25.9 cm³/mol. The summed E-state index contributed by atoms with van der Waals surface area (Å²) < 4.78 is 0. The first-order valence-electron chi connectivity index (χ1n) is 2.32. The van der Waals surface area contributed by atoms with E-state index < -0.39 is 0 Å². The maximum absolute atomic E-state index is 10.1. The van der Waals surface area contributed by atoms with Gasteiger partial charge in [-0.25, -0.2) is 4.79 Å². The van der Waals surface area contributed by atoms with E-state index in [4.69, 9.17) is 0 Å². The number of rotatable bonds is 2. The molecule has 0 bridgehead atoms. The Hall–Kier alpha value is -0.0400. The first-order chi connectivity index (χ1) is 3.13. The van der Waals surface area contributed by atoms with Gasteiger partial charge in [-0.2, -0.15) is 0 Å². The molecule has 0 fully saturated rings. The minimum atomic E-state index is -0.130. The van der Waals surface area contributed by atoms with Gasteiger partial charge in [0.25, 0.3) is 0 Å². The van der Waals surface area contributed by atoms with Crippen molar-refractivity contribution in [2.24, 2.45) is 5.92 Å². The molecular weight excluding hydrogens is 112 g/mol. The Labute approximate surface area is 48.7 Å². The van der Waals surface area contributed by atoms with Crippen molar-refractivity contribution in [2.45, 2.75) is 20.3 Å². The summed E-state index contributed by atoms with van der Waals surface area (Å²) in [6.45, 7) is 3.95. The zero-order valence-corrected chi connectivity index (χ0v) is 5.42. The Bertz CT molecular complexity index is 68.5. The van der Waals surface area contributed by atoms with Crippen LogP contribution in [-0.2, 0) is 4.79 Å².